The minimum absolute atomic E-state index is 0.322. The Hall–Kier alpha value is -1.96. The lowest BCUT2D eigenvalue weighted by Crippen LogP contribution is -1.96. The van der Waals surface area contributed by atoms with Crippen molar-refractivity contribution < 1.29 is 9.84 Å². The Balaban J connectivity index is 0.000000218. The molecule has 2 heteroatoms. The minimum Gasteiger partial charge on any atom is -0.508 e. The summed E-state index contributed by atoms with van der Waals surface area (Å²) in [6.07, 6.45) is 3.66. The van der Waals surface area contributed by atoms with Crippen molar-refractivity contribution in [1.82, 2.24) is 0 Å². The number of benzene rings is 2. The molecule has 2 aromatic carbocycles. The maximum absolute atomic E-state index is 8.63. The van der Waals surface area contributed by atoms with Gasteiger partial charge in [-0.1, -0.05) is 56.2 Å². The van der Waals surface area contributed by atoms with Crippen LogP contribution in [0, 0.1) is 0 Å². The van der Waals surface area contributed by atoms with Gasteiger partial charge in [-0.2, -0.15) is 0 Å². The van der Waals surface area contributed by atoms with Crippen molar-refractivity contribution in [3.63, 3.8) is 0 Å². The summed E-state index contributed by atoms with van der Waals surface area (Å²) in [7, 11) is 0. The van der Waals surface area contributed by atoms with Gasteiger partial charge < -0.3 is 9.84 Å². The number of ether oxygens (including phenoxy) is 1. The highest BCUT2D eigenvalue weighted by Crippen LogP contribution is 2.08. The molecule has 2 aromatic rings. The number of phenols is 1. The third-order valence-electron chi connectivity index (χ3n) is 2.52. The normalized spacial score (nSPS) is 9.32. The van der Waals surface area contributed by atoms with E-state index >= 15 is 0 Å². The predicted octanol–water partition coefficient (Wildman–Crippen LogP) is 4.65. The molecule has 0 aromatic heterocycles. The molecule has 0 atom stereocenters. The molecule has 0 saturated carbocycles. The summed E-state index contributed by atoms with van der Waals surface area (Å²) in [5.41, 5.74) is 0. The Morgan fingerprint density at radius 2 is 1.42 bits per heavy atom. The van der Waals surface area contributed by atoms with Crippen LogP contribution < -0.4 is 4.74 Å². The van der Waals surface area contributed by atoms with E-state index in [1.54, 1.807) is 24.3 Å². The number of aromatic hydroxyl groups is 1. The second-order valence-electron chi connectivity index (χ2n) is 4.20. The molecule has 0 radical (unpaired) electrons. The zero-order valence-electron chi connectivity index (χ0n) is 11.5. The van der Waals surface area contributed by atoms with Crippen molar-refractivity contribution in [2.24, 2.45) is 0 Å². The molecule has 0 saturated heterocycles. The maximum atomic E-state index is 8.63. The van der Waals surface area contributed by atoms with Crippen LogP contribution in [0.3, 0.4) is 0 Å². The Kier molecular flexibility index (Phi) is 7.95. The molecule has 2 nitrogen and oxygen atoms in total. The molecule has 0 aliphatic rings. The second-order valence-corrected chi connectivity index (χ2v) is 4.20. The average molecular weight is 258 g/mol. The smallest absolute Gasteiger partial charge is 0.119 e. The quantitative estimate of drug-likeness (QED) is 0.791. The zero-order chi connectivity index (χ0) is 13.8. The number of hydrogen-bond acceptors (Lipinski definition) is 2. The van der Waals surface area contributed by atoms with Crippen LogP contribution >= 0.6 is 0 Å². The lowest BCUT2D eigenvalue weighted by Gasteiger charge is -2.04. The molecule has 19 heavy (non-hydrogen) atoms. The van der Waals surface area contributed by atoms with Crippen LogP contribution in [0.1, 0.15) is 26.2 Å². The Bertz CT molecular complexity index is 412. The van der Waals surface area contributed by atoms with Crippen molar-refractivity contribution in [3.8, 4) is 11.5 Å². The first-order valence-corrected chi connectivity index (χ1v) is 6.74. The van der Waals surface area contributed by atoms with Crippen LogP contribution in [-0.2, 0) is 0 Å². The molecule has 0 spiro atoms. The highest BCUT2D eigenvalue weighted by molar-refractivity contribution is 5.20. The van der Waals surface area contributed by atoms with Crippen molar-refractivity contribution in [2.75, 3.05) is 6.61 Å². The number of para-hydroxylation sites is 2. The molecule has 0 bridgehead atoms. The lowest BCUT2D eigenvalue weighted by molar-refractivity contribution is 0.306. The fraction of sp³-hybridized carbons (Fsp3) is 0.294. The predicted molar refractivity (Wildman–Crippen MR) is 79.6 cm³/mol. The first-order valence-electron chi connectivity index (χ1n) is 6.74. The molecule has 0 amide bonds. The second kappa shape index (κ2) is 10.0. The summed E-state index contributed by atoms with van der Waals surface area (Å²) >= 11 is 0. The van der Waals surface area contributed by atoms with Crippen molar-refractivity contribution >= 4 is 0 Å². The maximum Gasteiger partial charge on any atom is 0.119 e. The lowest BCUT2D eigenvalue weighted by atomic mass is 10.3. The van der Waals surface area contributed by atoms with Gasteiger partial charge in [0.15, 0.2) is 0 Å². The number of phenolic OH excluding ortho intramolecular Hbond substituents is 1. The van der Waals surface area contributed by atoms with E-state index in [9.17, 15) is 0 Å². The van der Waals surface area contributed by atoms with E-state index in [1.165, 1.54) is 12.8 Å². The molecule has 2 rings (SSSR count). The topological polar surface area (TPSA) is 29.5 Å². The van der Waals surface area contributed by atoms with Gasteiger partial charge in [0.25, 0.3) is 0 Å². The van der Waals surface area contributed by atoms with E-state index < -0.39 is 0 Å². The van der Waals surface area contributed by atoms with Gasteiger partial charge in [-0.3, -0.25) is 0 Å². The fourth-order valence-electron chi connectivity index (χ4n) is 1.49. The third-order valence-corrected chi connectivity index (χ3v) is 2.52. The molecule has 0 fully saturated rings. The summed E-state index contributed by atoms with van der Waals surface area (Å²) < 4.78 is 5.51. The van der Waals surface area contributed by atoms with Gasteiger partial charge in [-0.25, -0.2) is 0 Å². The summed E-state index contributed by atoms with van der Waals surface area (Å²) in [5.74, 6) is 1.30. The van der Waals surface area contributed by atoms with Crippen LogP contribution in [-0.4, -0.2) is 11.7 Å². The first kappa shape index (κ1) is 15.1. The van der Waals surface area contributed by atoms with Crippen LogP contribution in [0.15, 0.2) is 60.7 Å². The van der Waals surface area contributed by atoms with E-state index in [4.69, 9.17) is 9.84 Å². The van der Waals surface area contributed by atoms with E-state index in [-0.39, 0.29) is 0 Å². The van der Waals surface area contributed by atoms with E-state index in [0.29, 0.717) is 5.75 Å². The monoisotopic (exact) mass is 258 g/mol. The van der Waals surface area contributed by atoms with Crippen molar-refractivity contribution in [3.05, 3.63) is 60.7 Å². The molecule has 102 valence electrons. The molecule has 0 aliphatic carbocycles. The molecule has 0 aliphatic heterocycles. The molecule has 0 heterocycles. The minimum atomic E-state index is 0.322. The van der Waals surface area contributed by atoms with E-state index in [2.05, 4.69) is 6.92 Å². The molecular weight excluding hydrogens is 236 g/mol. The molecular formula is C17H22O2. The van der Waals surface area contributed by atoms with E-state index in [0.717, 1.165) is 18.8 Å². The molecule has 0 unspecified atom stereocenters. The fourth-order valence-corrected chi connectivity index (χ4v) is 1.49. The van der Waals surface area contributed by atoms with Gasteiger partial charge in [-0.05, 0) is 30.7 Å². The van der Waals surface area contributed by atoms with Crippen LogP contribution in [0.2, 0.25) is 0 Å². The van der Waals surface area contributed by atoms with Gasteiger partial charge in [0, 0.05) is 0 Å². The van der Waals surface area contributed by atoms with Gasteiger partial charge in [0.05, 0.1) is 6.61 Å². The van der Waals surface area contributed by atoms with Gasteiger partial charge in [0.1, 0.15) is 11.5 Å². The van der Waals surface area contributed by atoms with Crippen LogP contribution in [0.5, 0.6) is 11.5 Å². The SMILES string of the molecule is CCCCCOc1ccccc1.Oc1ccccc1. The van der Waals surface area contributed by atoms with E-state index in [1.807, 2.05) is 36.4 Å². The number of unbranched alkanes of at least 4 members (excludes halogenated alkanes) is 2. The highest BCUT2D eigenvalue weighted by Gasteiger charge is 1.89. The molecule has 1 N–H and O–H groups in total. The largest absolute Gasteiger partial charge is 0.508 e. The van der Waals surface area contributed by atoms with Crippen LogP contribution in [0.4, 0.5) is 0 Å². The Morgan fingerprint density at radius 3 is 1.89 bits per heavy atom. The highest BCUT2D eigenvalue weighted by atomic mass is 16.5. The van der Waals surface area contributed by atoms with Crippen molar-refractivity contribution in [1.29, 1.82) is 0 Å². The summed E-state index contributed by atoms with van der Waals surface area (Å²) in [6, 6.07) is 18.7. The van der Waals surface area contributed by atoms with Crippen molar-refractivity contribution in [2.45, 2.75) is 26.2 Å². The summed E-state index contributed by atoms with van der Waals surface area (Å²) in [4.78, 5) is 0. The Morgan fingerprint density at radius 1 is 0.842 bits per heavy atom. The third kappa shape index (κ3) is 7.87. The summed E-state index contributed by atoms with van der Waals surface area (Å²) in [5, 5.41) is 8.63. The standard InChI is InChI=1S/C11H16O.C6H6O/c1-2-3-7-10-12-11-8-5-4-6-9-11;7-6-4-2-1-3-5-6/h4-6,8-9H,2-3,7,10H2,1H3;1-5,7H. The number of rotatable bonds is 5. The Labute approximate surface area is 115 Å². The number of hydrogen-bond donors (Lipinski definition) is 1. The van der Waals surface area contributed by atoms with Gasteiger partial charge in [-0.15, -0.1) is 0 Å². The zero-order valence-corrected chi connectivity index (χ0v) is 11.5. The average Bonchev–Trinajstić information content (AvgIpc) is 2.46. The van der Waals surface area contributed by atoms with Gasteiger partial charge in [0.2, 0.25) is 0 Å². The first-order chi connectivity index (χ1) is 9.33. The van der Waals surface area contributed by atoms with Crippen LogP contribution in [0.25, 0.3) is 0 Å². The van der Waals surface area contributed by atoms with Gasteiger partial charge >= 0.3 is 0 Å². The summed E-state index contributed by atoms with van der Waals surface area (Å²) in [6.45, 7) is 3.04.